The van der Waals surface area contributed by atoms with E-state index >= 15 is 0 Å². The second-order valence-electron chi connectivity index (χ2n) is 19.9. The van der Waals surface area contributed by atoms with Gasteiger partial charge < -0.3 is 27.9 Å². The summed E-state index contributed by atoms with van der Waals surface area (Å²) >= 11 is 0. The number of ether oxygens (including phenoxy) is 2. The minimum Gasteiger partial charge on any atom is -0.756 e. The van der Waals surface area contributed by atoms with Crippen LogP contribution in [0.3, 0.4) is 0 Å². The lowest BCUT2D eigenvalue weighted by molar-refractivity contribution is -0.870. The summed E-state index contributed by atoms with van der Waals surface area (Å²) < 4.78 is 33.9. The molecule has 0 aromatic rings. The molecule has 0 aromatic heterocycles. The highest BCUT2D eigenvalue weighted by Crippen LogP contribution is 2.38. The monoisotopic (exact) mass is 1000 g/mol. The van der Waals surface area contributed by atoms with Gasteiger partial charge in [0.1, 0.15) is 19.8 Å². The molecule has 0 N–H and O–H groups in total. The Morgan fingerprint density at radius 2 is 0.843 bits per heavy atom. The van der Waals surface area contributed by atoms with E-state index < -0.39 is 32.5 Å². The Labute approximate surface area is 431 Å². The SMILES string of the molecule is CC/C=C\C/C=C\C/C=C\C/C=C\CCC(=O)OC(COC(=O)CCCCCCCCCCCCCCCCCCCC/C=C\C/C=C\C/C=C\CCCCCCC)COP(=O)([O-])OCC[N+](C)(C)C. The number of unbranched alkanes of at least 4 members (excludes halogenated alkanes) is 23. The third-order valence-corrected chi connectivity index (χ3v) is 12.9. The minimum absolute atomic E-state index is 0.0460. The highest BCUT2D eigenvalue weighted by molar-refractivity contribution is 7.45. The van der Waals surface area contributed by atoms with Gasteiger partial charge in [0.05, 0.1) is 27.7 Å². The Kier molecular flexibility index (Phi) is 49.1. The fourth-order valence-electron chi connectivity index (χ4n) is 7.56. The molecule has 0 aliphatic rings. The first kappa shape index (κ1) is 67.2. The van der Waals surface area contributed by atoms with Gasteiger partial charge in [-0.2, -0.15) is 0 Å². The molecule has 0 aliphatic carbocycles. The van der Waals surface area contributed by atoms with Crippen LogP contribution in [0.5, 0.6) is 0 Å². The van der Waals surface area contributed by atoms with Gasteiger partial charge in [-0.1, -0.05) is 227 Å². The average molecular weight is 1000 g/mol. The standard InChI is InChI=1S/C60H106NO8P/c1-6-8-10-12-14-16-18-20-21-22-23-24-25-26-27-28-29-30-31-32-33-34-35-36-37-38-39-41-42-44-46-48-50-52-59(62)66-56-58(57-68-70(64,65)67-55-54-61(3,4)5)69-60(63)53-51-49-47-45-43-40-19-17-15-13-11-9-7-2/h9,11,15,17-18,20,22-23,25-26,40,43,47,49,58H,6-8,10,12-14,16,19,21,24,27-39,41-42,44-46,48,50-57H2,1-5H3/b11-9-,17-15-,20-18-,23-22-,26-25-,43-40-,49-47-. The number of phosphoric acid groups is 1. The van der Waals surface area contributed by atoms with E-state index in [1.807, 2.05) is 33.3 Å². The summed E-state index contributed by atoms with van der Waals surface area (Å²) in [6.07, 6.45) is 68.2. The van der Waals surface area contributed by atoms with Crippen LogP contribution in [-0.2, 0) is 32.7 Å². The van der Waals surface area contributed by atoms with E-state index in [9.17, 15) is 19.0 Å². The molecule has 70 heavy (non-hydrogen) atoms. The molecule has 0 fully saturated rings. The molecule has 9 nitrogen and oxygen atoms in total. The quantitative estimate of drug-likeness (QED) is 0.0195. The Bertz CT molecular complexity index is 1460. The van der Waals surface area contributed by atoms with Crippen molar-refractivity contribution in [1.29, 1.82) is 0 Å². The van der Waals surface area contributed by atoms with Gasteiger partial charge in [0.25, 0.3) is 7.82 Å². The fraction of sp³-hybridized carbons (Fsp3) is 0.733. The van der Waals surface area contributed by atoms with E-state index in [-0.39, 0.29) is 26.1 Å². The molecular weight excluding hydrogens is 894 g/mol. The number of carbonyl (C=O) groups is 2. The molecule has 10 heteroatoms. The molecular formula is C60H106NO8P. The Morgan fingerprint density at radius 3 is 1.27 bits per heavy atom. The van der Waals surface area contributed by atoms with Crippen LogP contribution in [0.25, 0.3) is 0 Å². The first-order valence-electron chi connectivity index (χ1n) is 28.3. The van der Waals surface area contributed by atoms with Gasteiger partial charge in [-0.05, 0) is 77.0 Å². The van der Waals surface area contributed by atoms with Crippen molar-refractivity contribution in [2.24, 2.45) is 0 Å². The molecule has 0 aliphatic heterocycles. The highest BCUT2D eigenvalue weighted by atomic mass is 31.2. The van der Waals surface area contributed by atoms with Crippen LogP contribution in [0, 0.1) is 0 Å². The maximum Gasteiger partial charge on any atom is 0.306 e. The molecule has 2 unspecified atom stereocenters. The highest BCUT2D eigenvalue weighted by Gasteiger charge is 2.21. The van der Waals surface area contributed by atoms with Crippen LogP contribution in [0.15, 0.2) is 85.1 Å². The van der Waals surface area contributed by atoms with Gasteiger partial charge in [-0.15, -0.1) is 0 Å². The lowest BCUT2D eigenvalue weighted by atomic mass is 10.0. The molecule has 2 atom stereocenters. The third-order valence-electron chi connectivity index (χ3n) is 11.9. The van der Waals surface area contributed by atoms with Gasteiger partial charge in [0.15, 0.2) is 6.10 Å². The van der Waals surface area contributed by atoms with Crippen molar-refractivity contribution in [2.75, 3.05) is 47.5 Å². The van der Waals surface area contributed by atoms with Crippen molar-refractivity contribution in [3.8, 4) is 0 Å². The molecule has 404 valence electrons. The van der Waals surface area contributed by atoms with E-state index in [0.717, 1.165) is 57.8 Å². The normalized spacial score (nSPS) is 14.0. The molecule has 0 bridgehead atoms. The van der Waals surface area contributed by atoms with E-state index in [4.69, 9.17) is 18.5 Å². The Morgan fingerprint density at radius 1 is 0.457 bits per heavy atom. The lowest BCUT2D eigenvalue weighted by Gasteiger charge is -2.28. The topological polar surface area (TPSA) is 111 Å². The minimum atomic E-state index is -4.65. The first-order chi connectivity index (χ1) is 34.0. The van der Waals surface area contributed by atoms with Crippen molar-refractivity contribution >= 4 is 19.8 Å². The van der Waals surface area contributed by atoms with Crippen LogP contribution in [0.2, 0.25) is 0 Å². The molecule has 0 spiro atoms. The number of phosphoric ester groups is 1. The molecule has 0 saturated carbocycles. The number of likely N-dealkylation sites (N-methyl/N-ethyl adjacent to an activating group) is 1. The van der Waals surface area contributed by atoms with Crippen molar-refractivity contribution in [3.05, 3.63) is 85.1 Å². The lowest BCUT2D eigenvalue weighted by Crippen LogP contribution is -2.37. The maximum absolute atomic E-state index is 12.7. The third kappa shape index (κ3) is 54.5. The van der Waals surface area contributed by atoms with Gasteiger partial charge in [0, 0.05) is 12.8 Å². The fourth-order valence-corrected chi connectivity index (χ4v) is 8.29. The maximum atomic E-state index is 12.7. The van der Waals surface area contributed by atoms with Crippen molar-refractivity contribution in [1.82, 2.24) is 0 Å². The average Bonchev–Trinajstić information content (AvgIpc) is 3.32. The number of rotatable bonds is 51. The summed E-state index contributed by atoms with van der Waals surface area (Å²) in [5.74, 6) is -0.928. The van der Waals surface area contributed by atoms with Crippen LogP contribution in [0.4, 0.5) is 0 Å². The molecule has 0 amide bonds. The zero-order valence-electron chi connectivity index (χ0n) is 45.7. The van der Waals surface area contributed by atoms with E-state index in [2.05, 4.69) is 86.8 Å². The number of hydrogen-bond acceptors (Lipinski definition) is 8. The first-order valence-corrected chi connectivity index (χ1v) is 29.8. The number of carbonyl (C=O) groups excluding carboxylic acids is 2. The predicted molar refractivity (Wildman–Crippen MR) is 296 cm³/mol. The van der Waals surface area contributed by atoms with Gasteiger partial charge >= 0.3 is 11.9 Å². The number of nitrogens with zero attached hydrogens (tertiary/aromatic N) is 1. The summed E-state index contributed by atoms with van der Waals surface area (Å²) in [6.45, 7) is 4.02. The van der Waals surface area contributed by atoms with E-state index in [1.165, 1.54) is 141 Å². The molecule has 0 aromatic carbocycles. The number of hydrogen-bond donors (Lipinski definition) is 0. The van der Waals surface area contributed by atoms with Crippen LogP contribution < -0.4 is 4.89 Å². The van der Waals surface area contributed by atoms with Gasteiger partial charge in [0.2, 0.25) is 0 Å². The Hall–Kier alpha value is -2.81. The largest absolute Gasteiger partial charge is 0.756 e. The number of quaternary nitrogens is 1. The van der Waals surface area contributed by atoms with Crippen LogP contribution >= 0.6 is 7.82 Å². The van der Waals surface area contributed by atoms with Crippen molar-refractivity contribution in [3.63, 3.8) is 0 Å². The molecule has 0 saturated heterocycles. The van der Waals surface area contributed by atoms with Crippen molar-refractivity contribution in [2.45, 2.75) is 238 Å². The summed E-state index contributed by atoms with van der Waals surface area (Å²) in [4.78, 5) is 37.7. The second-order valence-corrected chi connectivity index (χ2v) is 21.3. The zero-order chi connectivity index (χ0) is 51.3. The molecule has 0 radical (unpaired) electrons. The zero-order valence-corrected chi connectivity index (χ0v) is 46.6. The van der Waals surface area contributed by atoms with Crippen LogP contribution in [-0.4, -0.2) is 70.0 Å². The van der Waals surface area contributed by atoms with Crippen molar-refractivity contribution < 1.29 is 42.1 Å². The Balaban J connectivity index is 4.04. The van der Waals surface area contributed by atoms with Gasteiger partial charge in [-0.25, -0.2) is 0 Å². The number of esters is 2. The van der Waals surface area contributed by atoms with E-state index in [0.29, 0.717) is 17.4 Å². The van der Waals surface area contributed by atoms with Gasteiger partial charge in [-0.3, -0.25) is 14.2 Å². The van der Waals surface area contributed by atoms with E-state index in [1.54, 1.807) is 0 Å². The molecule has 0 heterocycles. The summed E-state index contributed by atoms with van der Waals surface area (Å²) in [5, 5.41) is 0. The summed E-state index contributed by atoms with van der Waals surface area (Å²) in [5.41, 5.74) is 0. The molecule has 0 rings (SSSR count). The number of allylic oxidation sites excluding steroid dienone is 14. The summed E-state index contributed by atoms with van der Waals surface area (Å²) in [7, 11) is 1.12. The summed E-state index contributed by atoms with van der Waals surface area (Å²) in [6, 6.07) is 0. The smallest absolute Gasteiger partial charge is 0.306 e. The predicted octanol–water partition coefficient (Wildman–Crippen LogP) is 16.8. The van der Waals surface area contributed by atoms with Crippen LogP contribution in [0.1, 0.15) is 232 Å². The second kappa shape index (κ2) is 51.1.